The number of nitrogens with zero attached hydrogens (tertiary/aromatic N) is 1. The van der Waals surface area contributed by atoms with Crippen molar-refractivity contribution in [2.45, 2.75) is 44.6 Å². The van der Waals surface area contributed by atoms with E-state index in [4.69, 9.17) is 0 Å². The van der Waals surface area contributed by atoms with Crippen molar-refractivity contribution in [3.8, 4) is 0 Å². The maximum atomic E-state index is 13.4. The van der Waals surface area contributed by atoms with Crippen LogP contribution >= 0.6 is 0 Å². The number of amides is 1. The lowest BCUT2D eigenvalue weighted by atomic mass is 9.89. The number of rotatable bonds is 8. The lowest BCUT2D eigenvalue weighted by Gasteiger charge is -2.34. The van der Waals surface area contributed by atoms with Gasteiger partial charge in [-0.15, -0.1) is 0 Å². The van der Waals surface area contributed by atoms with Crippen LogP contribution in [0.2, 0.25) is 0 Å². The minimum Gasteiger partial charge on any atom is -0.342 e. The third kappa shape index (κ3) is 5.90. The third-order valence-electron chi connectivity index (χ3n) is 5.43. The van der Waals surface area contributed by atoms with Gasteiger partial charge in [0.05, 0.1) is 11.7 Å². The normalized spacial score (nSPS) is 15.6. The SMILES string of the molecule is CCCCS(=O)(=O)NC1CCN(C(=O)C(c2ccccc2)c2ccccc2)CC1. The average molecular weight is 415 g/mol. The standard InChI is InChI=1S/C23H30N2O3S/c1-2-3-18-29(27,28)24-21-14-16-25(17-15-21)23(26)22(19-10-6-4-7-11-19)20-12-8-5-9-13-20/h4-13,21-22,24H,2-3,14-18H2,1H3. The van der Waals surface area contributed by atoms with E-state index in [1.807, 2.05) is 72.5 Å². The van der Waals surface area contributed by atoms with Crippen LogP contribution in [-0.4, -0.2) is 44.1 Å². The van der Waals surface area contributed by atoms with Crippen LogP contribution in [0.1, 0.15) is 49.7 Å². The summed E-state index contributed by atoms with van der Waals surface area (Å²) >= 11 is 0. The van der Waals surface area contributed by atoms with Crippen molar-refractivity contribution < 1.29 is 13.2 Å². The smallest absolute Gasteiger partial charge is 0.234 e. The highest BCUT2D eigenvalue weighted by Crippen LogP contribution is 2.28. The molecule has 1 aliphatic heterocycles. The van der Waals surface area contributed by atoms with Gasteiger partial charge in [-0.05, 0) is 30.4 Å². The molecule has 0 aliphatic carbocycles. The molecule has 156 valence electrons. The first kappa shape index (κ1) is 21.5. The molecular weight excluding hydrogens is 384 g/mol. The number of sulfonamides is 1. The molecule has 1 amide bonds. The lowest BCUT2D eigenvalue weighted by Crippen LogP contribution is -2.48. The number of piperidine rings is 1. The molecule has 0 atom stereocenters. The molecule has 0 saturated carbocycles. The van der Waals surface area contributed by atoms with E-state index >= 15 is 0 Å². The zero-order valence-corrected chi connectivity index (χ0v) is 17.8. The Kier molecular flexibility index (Phi) is 7.45. The monoisotopic (exact) mass is 414 g/mol. The number of hydrogen-bond acceptors (Lipinski definition) is 3. The maximum absolute atomic E-state index is 13.4. The minimum absolute atomic E-state index is 0.0784. The molecule has 0 unspecified atom stereocenters. The van der Waals surface area contributed by atoms with E-state index in [1.54, 1.807) is 0 Å². The molecule has 29 heavy (non-hydrogen) atoms. The molecule has 3 rings (SSSR count). The molecule has 0 aromatic heterocycles. The zero-order chi connectivity index (χ0) is 20.7. The molecule has 1 saturated heterocycles. The van der Waals surface area contributed by atoms with Gasteiger partial charge in [-0.1, -0.05) is 74.0 Å². The molecule has 1 fully saturated rings. The fraction of sp³-hybridized carbons (Fsp3) is 0.435. The van der Waals surface area contributed by atoms with Crippen molar-refractivity contribution >= 4 is 15.9 Å². The van der Waals surface area contributed by atoms with Gasteiger partial charge in [-0.25, -0.2) is 13.1 Å². The van der Waals surface area contributed by atoms with Gasteiger partial charge in [-0.3, -0.25) is 4.79 Å². The predicted octanol–water partition coefficient (Wildman–Crippen LogP) is 3.53. The summed E-state index contributed by atoms with van der Waals surface area (Å²) in [6.07, 6.45) is 2.82. The number of likely N-dealkylation sites (tertiary alicyclic amines) is 1. The molecule has 0 spiro atoms. The Bertz CT molecular complexity index is 837. The number of hydrogen-bond donors (Lipinski definition) is 1. The molecule has 0 bridgehead atoms. The zero-order valence-electron chi connectivity index (χ0n) is 17.0. The Balaban J connectivity index is 1.68. The van der Waals surface area contributed by atoms with Gasteiger partial charge in [0.25, 0.3) is 0 Å². The first-order valence-corrected chi connectivity index (χ1v) is 12.0. The second-order valence-electron chi connectivity index (χ2n) is 7.64. The van der Waals surface area contributed by atoms with Crippen molar-refractivity contribution in [1.29, 1.82) is 0 Å². The van der Waals surface area contributed by atoms with E-state index in [0.717, 1.165) is 17.5 Å². The van der Waals surface area contributed by atoms with Crippen molar-refractivity contribution in [2.24, 2.45) is 0 Å². The van der Waals surface area contributed by atoms with Crippen LogP contribution in [0, 0.1) is 0 Å². The molecule has 2 aromatic carbocycles. The summed E-state index contributed by atoms with van der Waals surface area (Å²) in [5, 5.41) is 0. The van der Waals surface area contributed by atoms with Crippen LogP contribution < -0.4 is 4.72 Å². The molecule has 1 N–H and O–H groups in total. The van der Waals surface area contributed by atoms with Crippen molar-refractivity contribution in [3.05, 3.63) is 71.8 Å². The van der Waals surface area contributed by atoms with E-state index in [-0.39, 0.29) is 23.6 Å². The van der Waals surface area contributed by atoms with E-state index in [0.29, 0.717) is 32.4 Å². The molecule has 0 radical (unpaired) electrons. The van der Waals surface area contributed by atoms with Crippen LogP contribution in [0.5, 0.6) is 0 Å². The average Bonchev–Trinajstić information content (AvgIpc) is 2.74. The van der Waals surface area contributed by atoms with Crippen LogP contribution in [0.15, 0.2) is 60.7 Å². The quantitative estimate of drug-likeness (QED) is 0.719. The summed E-state index contributed by atoms with van der Waals surface area (Å²) in [6, 6.07) is 19.6. The fourth-order valence-corrected chi connectivity index (χ4v) is 5.35. The molecule has 1 heterocycles. The Morgan fingerprint density at radius 1 is 1.00 bits per heavy atom. The van der Waals surface area contributed by atoms with Crippen molar-refractivity contribution in [1.82, 2.24) is 9.62 Å². The highest BCUT2D eigenvalue weighted by Gasteiger charge is 2.31. The highest BCUT2D eigenvalue weighted by molar-refractivity contribution is 7.89. The Morgan fingerprint density at radius 2 is 1.52 bits per heavy atom. The minimum atomic E-state index is -3.24. The fourth-order valence-electron chi connectivity index (χ4n) is 3.82. The lowest BCUT2D eigenvalue weighted by molar-refractivity contribution is -0.132. The summed E-state index contributed by atoms with van der Waals surface area (Å²) in [4.78, 5) is 15.3. The van der Waals surface area contributed by atoms with Gasteiger partial charge in [0, 0.05) is 19.1 Å². The second-order valence-corrected chi connectivity index (χ2v) is 9.52. The Morgan fingerprint density at radius 3 is 2.00 bits per heavy atom. The Hall–Kier alpha value is -2.18. The van der Waals surface area contributed by atoms with Gasteiger partial charge >= 0.3 is 0 Å². The van der Waals surface area contributed by atoms with Crippen LogP contribution in [-0.2, 0) is 14.8 Å². The van der Waals surface area contributed by atoms with E-state index < -0.39 is 10.0 Å². The van der Waals surface area contributed by atoms with Crippen LogP contribution in [0.25, 0.3) is 0 Å². The van der Waals surface area contributed by atoms with E-state index in [2.05, 4.69) is 4.72 Å². The number of unbranched alkanes of at least 4 members (excludes halogenated alkanes) is 1. The van der Waals surface area contributed by atoms with Gasteiger partial charge in [0.15, 0.2) is 0 Å². The van der Waals surface area contributed by atoms with E-state index in [1.165, 1.54) is 0 Å². The summed E-state index contributed by atoms with van der Waals surface area (Å²) < 4.78 is 27.1. The number of nitrogens with one attached hydrogen (secondary N) is 1. The first-order chi connectivity index (χ1) is 14.0. The highest BCUT2D eigenvalue weighted by atomic mass is 32.2. The number of benzene rings is 2. The third-order valence-corrected chi connectivity index (χ3v) is 6.95. The van der Waals surface area contributed by atoms with Crippen LogP contribution in [0.3, 0.4) is 0 Å². The summed E-state index contributed by atoms with van der Waals surface area (Å²) in [7, 11) is -3.24. The van der Waals surface area contributed by atoms with Gasteiger partial charge in [0.2, 0.25) is 15.9 Å². The topological polar surface area (TPSA) is 66.5 Å². The van der Waals surface area contributed by atoms with Gasteiger partial charge < -0.3 is 4.90 Å². The molecule has 1 aliphatic rings. The molecular formula is C23H30N2O3S. The van der Waals surface area contributed by atoms with Crippen molar-refractivity contribution in [2.75, 3.05) is 18.8 Å². The molecule has 5 nitrogen and oxygen atoms in total. The van der Waals surface area contributed by atoms with Gasteiger partial charge in [0.1, 0.15) is 0 Å². The molecule has 6 heteroatoms. The maximum Gasteiger partial charge on any atom is 0.234 e. The number of carbonyl (C=O) groups is 1. The molecule has 2 aromatic rings. The van der Waals surface area contributed by atoms with Gasteiger partial charge in [-0.2, -0.15) is 0 Å². The summed E-state index contributed by atoms with van der Waals surface area (Å²) in [5.41, 5.74) is 1.96. The Labute approximate surface area is 174 Å². The first-order valence-electron chi connectivity index (χ1n) is 10.4. The summed E-state index contributed by atoms with van der Waals surface area (Å²) in [5.74, 6) is -0.0860. The van der Waals surface area contributed by atoms with Crippen LogP contribution in [0.4, 0.5) is 0 Å². The second kappa shape index (κ2) is 10.0. The van der Waals surface area contributed by atoms with Crippen molar-refractivity contribution in [3.63, 3.8) is 0 Å². The summed E-state index contributed by atoms with van der Waals surface area (Å²) in [6.45, 7) is 3.11. The predicted molar refractivity (Wildman–Crippen MR) is 116 cm³/mol. The van der Waals surface area contributed by atoms with E-state index in [9.17, 15) is 13.2 Å². The largest absolute Gasteiger partial charge is 0.342 e. The number of carbonyl (C=O) groups excluding carboxylic acids is 1.